The quantitative estimate of drug-likeness (QED) is 0.0723. The minimum Gasteiger partial charge on any atom is -0.507 e. The first kappa shape index (κ1) is 33.1. The Morgan fingerprint density at radius 2 is 1.30 bits per heavy atom. The Balaban J connectivity index is 1.48. The van der Waals surface area contributed by atoms with Crippen LogP contribution in [-0.2, 0) is 23.7 Å². The van der Waals surface area contributed by atoms with Gasteiger partial charge in [-0.05, 0) is 36.4 Å². The average molecular weight is 627 g/mol. The van der Waals surface area contributed by atoms with Gasteiger partial charge in [-0.15, -0.1) is 0 Å². The van der Waals surface area contributed by atoms with Gasteiger partial charge in [-0.1, -0.05) is 0 Å². The summed E-state index contributed by atoms with van der Waals surface area (Å²) in [6, 6.07) is 6.44. The highest BCUT2D eigenvalue weighted by Crippen LogP contribution is 2.30. The largest absolute Gasteiger partial charge is 0.507 e. The number of aliphatic hydroxyl groups excluding tert-OH is 5. The number of rotatable bonds is 9. The number of hydrogen-bond acceptors (Lipinski definition) is 16. The zero-order chi connectivity index (χ0) is 32.3. The molecule has 10 atom stereocenters. The zero-order valence-corrected chi connectivity index (χ0v) is 23.4. The summed E-state index contributed by atoms with van der Waals surface area (Å²) in [5.74, 6) is -2.86. The van der Waals surface area contributed by atoms with Gasteiger partial charge in [0.2, 0.25) is 6.29 Å². The summed E-state index contributed by atoms with van der Waals surface area (Å²) < 4.78 is 27.3. The molecule has 2 fully saturated rings. The average Bonchev–Trinajstić information content (AvgIpc) is 2.99. The van der Waals surface area contributed by atoms with E-state index in [4.69, 9.17) is 35.2 Å². The summed E-state index contributed by atoms with van der Waals surface area (Å²) in [7, 11) is 1.54. The van der Waals surface area contributed by atoms with Crippen LogP contribution in [0.2, 0.25) is 0 Å². The number of aliphatic hydroxyl groups is 5. The number of esters is 2. The molecule has 4 rings (SSSR count). The molecular weight excluding hydrogens is 590 g/mol. The highest BCUT2D eigenvalue weighted by molar-refractivity contribution is 5.94. The lowest BCUT2D eigenvalue weighted by Crippen LogP contribution is -2.94. The number of carbonyl (C=O) groups excluding carboxylic acids is 2. The van der Waals surface area contributed by atoms with Crippen molar-refractivity contribution in [3.8, 4) is 11.5 Å². The first-order valence-corrected chi connectivity index (χ1v) is 13.5. The number of nitrogens with two attached hydrogens (primary N) is 3. The Bertz CT molecular complexity index is 1330. The van der Waals surface area contributed by atoms with Crippen LogP contribution in [0.1, 0.15) is 20.7 Å². The standard InChI is InChI=1S/C27H35N3O14/c1-30-18-20(34)23(17(42-26(18)39)9-41-25(38)13-7-11(29)3-5-15(13)32)44-27-22(36)21(35)19(33)16(43-27)8-40-24(37)12-6-10(28)2-4-14(12)31/h2-7,16-23,26-27,30-36,39H,8-9,28-29H2,1H3/p+1/t16?,17?,18?,19-,20+,21-,22?,23-,26+,27-/m0/s1. The summed E-state index contributed by atoms with van der Waals surface area (Å²) >= 11 is 0. The molecule has 2 aromatic carbocycles. The third kappa shape index (κ3) is 7.12. The number of hydrogen-bond donors (Lipinski definition) is 10. The number of ether oxygens (including phenoxy) is 5. The van der Waals surface area contributed by atoms with Gasteiger partial charge in [-0.2, -0.15) is 0 Å². The lowest BCUT2D eigenvalue weighted by atomic mass is 9.95. The lowest BCUT2D eigenvalue weighted by Gasteiger charge is -2.45. The number of nitrogen functional groups attached to an aromatic ring is 2. The fraction of sp³-hybridized carbons (Fsp3) is 0.481. The van der Waals surface area contributed by atoms with E-state index in [9.17, 15) is 45.3 Å². The summed E-state index contributed by atoms with van der Waals surface area (Å²) in [6.45, 7) is -1.29. The van der Waals surface area contributed by atoms with Crippen molar-refractivity contribution in [2.45, 2.75) is 61.3 Å². The summed E-state index contributed by atoms with van der Waals surface area (Å²) in [6.07, 6.45) is -14.6. The van der Waals surface area contributed by atoms with Gasteiger partial charge in [0.1, 0.15) is 78.6 Å². The Labute approximate surface area is 250 Å². The van der Waals surface area contributed by atoms with Crippen molar-refractivity contribution in [1.29, 1.82) is 0 Å². The molecule has 0 bridgehead atoms. The Morgan fingerprint density at radius 3 is 1.82 bits per heavy atom. The van der Waals surface area contributed by atoms with Gasteiger partial charge in [-0.3, -0.25) is 0 Å². The molecule has 2 aliphatic rings. The molecule has 4 unspecified atom stereocenters. The molecule has 2 heterocycles. The van der Waals surface area contributed by atoms with Crippen molar-refractivity contribution in [2.24, 2.45) is 0 Å². The van der Waals surface area contributed by atoms with Crippen LogP contribution in [0.5, 0.6) is 11.5 Å². The van der Waals surface area contributed by atoms with Crippen molar-refractivity contribution in [3.05, 3.63) is 47.5 Å². The fourth-order valence-electron chi connectivity index (χ4n) is 4.85. The third-order valence-electron chi connectivity index (χ3n) is 7.32. The molecule has 44 heavy (non-hydrogen) atoms. The molecule has 2 saturated heterocycles. The second-order valence-electron chi connectivity index (χ2n) is 10.3. The van der Waals surface area contributed by atoms with Crippen molar-refractivity contribution >= 4 is 23.3 Å². The maximum absolute atomic E-state index is 12.6. The van der Waals surface area contributed by atoms with E-state index in [0.29, 0.717) is 0 Å². The van der Waals surface area contributed by atoms with E-state index in [1.165, 1.54) is 48.8 Å². The van der Waals surface area contributed by atoms with E-state index < -0.39 is 98.0 Å². The predicted octanol–water partition coefficient (Wildman–Crippen LogP) is -3.89. The van der Waals surface area contributed by atoms with Crippen molar-refractivity contribution < 1.29 is 74.3 Å². The molecule has 2 aliphatic heterocycles. The molecule has 0 aromatic heterocycles. The Hall–Kier alpha value is -3.78. The minimum atomic E-state index is -1.88. The maximum Gasteiger partial charge on any atom is 0.342 e. The van der Waals surface area contributed by atoms with E-state index in [1.54, 1.807) is 0 Å². The molecule has 242 valence electrons. The van der Waals surface area contributed by atoms with Gasteiger partial charge in [0, 0.05) is 11.4 Å². The number of benzene rings is 2. The summed E-state index contributed by atoms with van der Waals surface area (Å²) in [4.78, 5) is 25.1. The van der Waals surface area contributed by atoms with Gasteiger partial charge in [0.25, 0.3) is 0 Å². The number of phenols is 2. The number of aromatic hydroxyl groups is 2. The highest BCUT2D eigenvalue weighted by Gasteiger charge is 2.52. The summed E-state index contributed by atoms with van der Waals surface area (Å²) in [5.41, 5.74) is 11.1. The molecule has 0 radical (unpaired) electrons. The predicted molar refractivity (Wildman–Crippen MR) is 146 cm³/mol. The zero-order valence-electron chi connectivity index (χ0n) is 23.4. The van der Waals surface area contributed by atoms with Crippen molar-refractivity contribution in [2.75, 3.05) is 31.7 Å². The first-order valence-electron chi connectivity index (χ1n) is 13.5. The van der Waals surface area contributed by atoms with Crippen LogP contribution in [0, 0.1) is 0 Å². The smallest absolute Gasteiger partial charge is 0.342 e. The van der Waals surface area contributed by atoms with Crippen LogP contribution in [-0.4, -0.2) is 129 Å². The Kier molecular flexibility index (Phi) is 10.5. The van der Waals surface area contributed by atoms with Crippen molar-refractivity contribution in [3.63, 3.8) is 0 Å². The van der Waals surface area contributed by atoms with Gasteiger partial charge >= 0.3 is 11.9 Å². The summed E-state index contributed by atoms with van der Waals surface area (Å²) in [5, 5.41) is 74.4. The van der Waals surface area contributed by atoms with E-state index in [2.05, 4.69) is 0 Å². The first-order chi connectivity index (χ1) is 20.8. The molecule has 0 amide bonds. The molecule has 0 spiro atoms. The lowest BCUT2D eigenvalue weighted by molar-refractivity contribution is -0.695. The fourth-order valence-corrected chi connectivity index (χ4v) is 4.85. The molecular formula is C27H36N3O14+. The second-order valence-corrected chi connectivity index (χ2v) is 10.3. The third-order valence-corrected chi connectivity index (χ3v) is 7.32. The Morgan fingerprint density at radius 1 is 0.773 bits per heavy atom. The maximum atomic E-state index is 12.6. The highest BCUT2D eigenvalue weighted by atomic mass is 16.7. The molecule has 13 N–H and O–H groups in total. The van der Waals surface area contributed by atoms with E-state index >= 15 is 0 Å². The molecule has 17 nitrogen and oxygen atoms in total. The molecule has 2 aromatic rings. The van der Waals surface area contributed by atoms with Crippen LogP contribution in [0.3, 0.4) is 0 Å². The number of phenolic OH excluding ortho intramolecular Hbond substituents is 2. The molecule has 17 heteroatoms. The normalized spacial score (nSPS) is 32.1. The monoisotopic (exact) mass is 626 g/mol. The van der Waals surface area contributed by atoms with Crippen molar-refractivity contribution in [1.82, 2.24) is 0 Å². The number of carbonyl (C=O) groups is 2. The van der Waals surface area contributed by atoms with Crippen LogP contribution in [0.25, 0.3) is 0 Å². The van der Waals surface area contributed by atoms with Gasteiger partial charge in [0.05, 0.1) is 7.05 Å². The van der Waals surface area contributed by atoms with Crippen LogP contribution >= 0.6 is 0 Å². The minimum absolute atomic E-state index is 0.168. The van der Waals surface area contributed by atoms with E-state index in [1.807, 2.05) is 0 Å². The number of anilines is 2. The topological polar surface area (TPSA) is 291 Å². The number of quaternary nitrogens is 1. The SMILES string of the molecule is C[NH2+]C1[C@H](O)OC(COC(=O)c2cc(N)ccc2O)[C@H](O[C@@H]2OC(COC(=O)c3cc(N)ccc3O)[C@H](O)[C@H](O)C2O)[C@@H]1O. The van der Waals surface area contributed by atoms with E-state index in [-0.39, 0.29) is 22.5 Å². The van der Waals surface area contributed by atoms with E-state index in [0.717, 1.165) is 0 Å². The molecule has 0 saturated carbocycles. The van der Waals surface area contributed by atoms with Crippen LogP contribution in [0.15, 0.2) is 36.4 Å². The molecule has 0 aliphatic carbocycles. The number of likely N-dealkylation sites (N-methyl/N-ethyl adjacent to an activating group) is 1. The van der Waals surface area contributed by atoms with Crippen LogP contribution < -0.4 is 16.8 Å². The van der Waals surface area contributed by atoms with Gasteiger partial charge in [0.15, 0.2) is 12.3 Å². The second kappa shape index (κ2) is 13.9. The van der Waals surface area contributed by atoms with Crippen LogP contribution in [0.4, 0.5) is 11.4 Å². The van der Waals surface area contributed by atoms with Gasteiger partial charge < -0.3 is 76.2 Å². The van der Waals surface area contributed by atoms with Gasteiger partial charge in [-0.25, -0.2) is 9.59 Å².